The minimum absolute atomic E-state index is 0.183. The maximum atomic E-state index is 13.1. The average Bonchev–Trinajstić information content (AvgIpc) is 2.76. The van der Waals surface area contributed by atoms with Gasteiger partial charge in [0.05, 0.1) is 19.8 Å². The van der Waals surface area contributed by atoms with Gasteiger partial charge in [-0.15, -0.1) is 0 Å². The third-order valence-corrected chi connectivity index (χ3v) is 4.66. The van der Waals surface area contributed by atoms with Gasteiger partial charge in [0.25, 0.3) is 0 Å². The molecule has 0 N–H and O–H groups in total. The van der Waals surface area contributed by atoms with E-state index in [0.717, 1.165) is 51.4 Å². The maximum Gasteiger partial charge on any atom is 0.123 e. The number of ether oxygens (including phenoxy) is 2. The number of nitrogens with zero attached hydrogens (tertiary/aromatic N) is 2. The van der Waals surface area contributed by atoms with Gasteiger partial charge in [0.1, 0.15) is 11.4 Å². The smallest absolute Gasteiger partial charge is 0.123 e. The van der Waals surface area contributed by atoms with Crippen molar-refractivity contribution < 1.29 is 13.9 Å². The molecule has 5 heteroatoms. The molecule has 4 nitrogen and oxygen atoms in total. The molecule has 2 fully saturated rings. The lowest BCUT2D eigenvalue weighted by Gasteiger charge is -2.31. The van der Waals surface area contributed by atoms with Gasteiger partial charge in [0, 0.05) is 26.2 Å². The van der Waals surface area contributed by atoms with Crippen LogP contribution in [-0.2, 0) is 16.0 Å². The zero-order valence-electron chi connectivity index (χ0n) is 14.1. The first-order chi connectivity index (χ1) is 11.0. The van der Waals surface area contributed by atoms with Crippen LogP contribution < -0.4 is 0 Å². The summed E-state index contributed by atoms with van der Waals surface area (Å²) >= 11 is 0. The fourth-order valence-corrected chi connectivity index (χ4v) is 3.75. The first-order valence-corrected chi connectivity index (χ1v) is 8.38. The molecule has 0 saturated carbocycles. The van der Waals surface area contributed by atoms with E-state index in [1.807, 2.05) is 12.1 Å². The van der Waals surface area contributed by atoms with Gasteiger partial charge in [0.2, 0.25) is 0 Å². The summed E-state index contributed by atoms with van der Waals surface area (Å²) in [6.45, 7) is 5.86. The molecule has 2 saturated heterocycles. The van der Waals surface area contributed by atoms with E-state index < -0.39 is 0 Å². The minimum atomic E-state index is -0.185. The Balaban J connectivity index is 1.63. The maximum absolute atomic E-state index is 13.1. The summed E-state index contributed by atoms with van der Waals surface area (Å²) < 4.78 is 25.1. The third-order valence-electron chi connectivity index (χ3n) is 4.66. The molecule has 0 bridgehead atoms. The fourth-order valence-electron chi connectivity index (χ4n) is 3.75. The Morgan fingerprint density at radius 3 is 2.83 bits per heavy atom. The molecular formula is C18H27FN2O2. The Morgan fingerprint density at radius 2 is 2.09 bits per heavy atom. The molecule has 1 aromatic carbocycles. The Morgan fingerprint density at radius 1 is 1.30 bits per heavy atom. The first kappa shape index (κ1) is 16.8. The third kappa shape index (κ3) is 4.51. The molecule has 0 aliphatic carbocycles. The van der Waals surface area contributed by atoms with Gasteiger partial charge in [0.15, 0.2) is 0 Å². The van der Waals surface area contributed by atoms with Crippen molar-refractivity contribution in [3.8, 4) is 0 Å². The molecule has 128 valence electrons. The zero-order chi connectivity index (χ0) is 16.3. The highest BCUT2D eigenvalue weighted by Gasteiger charge is 2.43. The number of halogens is 1. The van der Waals surface area contributed by atoms with Gasteiger partial charge in [-0.1, -0.05) is 12.1 Å². The van der Waals surface area contributed by atoms with Crippen LogP contribution in [0.4, 0.5) is 4.39 Å². The summed E-state index contributed by atoms with van der Waals surface area (Å²) in [5.74, 6) is 0.384. The largest absolute Gasteiger partial charge is 0.377 e. The van der Waals surface area contributed by atoms with E-state index in [-0.39, 0.29) is 11.4 Å². The van der Waals surface area contributed by atoms with Crippen LogP contribution in [0.25, 0.3) is 0 Å². The molecular weight excluding hydrogens is 295 g/mol. The van der Waals surface area contributed by atoms with Gasteiger partial charge in [-0.25, -0.2) is 4.39 Å². The lowest BCUT2D eigenvalue weighted by Crippen LogP contribution is -2.44. The second-order valence-corrected chi connectivity index (χ2v) is 7.22. The molecule has 0 aromatic heterocycles. The van der Waals surface area contributed by atoms with Gasteiger partial charge < -0.3 is 14.4 Å². The quantitative estimate of drug-likeness (QED) is 0.846. The van der Waals surface area contributed by atoms with E-state index in [2.05, 4.69) is 23.9 Å². The molecule has 1 spiro atoms. The van der Waals surface area contributed by atoms with Crippen molar-refractivity contribution in [1.29, 1.82) is 0 Å². The second-order valence-electron chi connectivity index (χ2n) is 7.22. The highest BCUT2D eigenvalue weighted by molar-refractivity contribution is 5.16. The van der Waals surface area contributed by atoms with E-state index in [4.69, 9.17) is 9.47 Å². The van der Waals surface area contributed by atoms with E-state index in [9.17, 15) is 4.39 Å². The van der Waals surface area contributed by atoms with Gasteiger partial charge >= 0.3 is 0 Å². The van der Waals surface area contributed by atoms with Crippen molar-refractivity contribution in [1.82, 2.24) is 9.80 Å². The Bertz CT molecular complexity index is 508. The van der Waals surface area contributed by atoms with Crippen LogP contribution in [0.5, 0.6) is 0 Å². The molecule has 0 radical (unpaired) electrons. The highest BCUT2D eigenvalue weighted by atomic mass is 19.1. The number of hydrogen-bond donors (Lipinski definition) is 0. The molecule has 0 amide bonds. The summed E-state index contributed by atoms with van der Waals surface area (Å²) in [7, 11) is 4.21. The van der Waals surface area contributed by atoms with Crippen molar-refractivity contribution in [2.75, 3.05) is 53.6 Å². The zero-order valence-corrected chi connectivity index (χ0v) is 14.1. The topological polar surface area (TPSA) is 24.9 Å². The van der Waals surface area contributed by atoms with Crippen LogP contribution in [-0.4, -0.2) is 69.0 Å². The molecule has 2 atom stereocenters. The van der Waals surface area contributed by atoms with Crippen LogP contribution in [0.2, 0.25) is 0 Å². The number of rotatable bonds is 4. The molecule has 1 aromatic rings. The molecule has 23 heavy (non-hydrogen) atoms. The summed E-state index contributed by atoms with van der Waals surface area (Å²) in [6.07, 6.45) is 1.05. The van der Waals surface area contributed by atoms with Crippen LogP contribution in [0, 0.1) is 11.7 Å². The molecule has 2 aliphatic heterocycles. The van der Waals surface area contributed by atoms with E-state index in [1.54, 1.807) is 0 Å². The summed E-state index contributed by atoms with van der Waals surface area (Å²) in [5.41, 5.74) is 0.947. The monoisotopic (exact) mass is 322 g/mol. The fraction of sp³-hybridized carbons (Fsp3) is 0.667. The minimum Gasteiger partial charge on any atom is -0.377 e. The van der Waals surface area contributed by atoms with Gasteiger partial charge in [-0.2, -0.15) is 0 Å². The van der Waals surface area contributed by atoms with Crippen molar-refractivity contribution in [2.45, 2.75) is 18.6 Å². The Hall–Kier alpha value is -1.01. The summed E-state index contributed by atoms with van der Waals surface area (Å²) in [5, 5.41) is 0. The highest BCUT2D eigenvalue weighted by Crippen LogP contribution is 2.33. The van der Waals surface area contributed by atoms with Crippen molar-refractivity contribution in [3.63, 3.8) is 0 Å². The van der Waals surface area contributed by atoms with Crippen LogP contribution in [0.15, 0.2) is 24.3 Å². The number of benzene rings is 1. The second kappa shape index (κ2) is 7.26. The Labute approximate surface area is 138 Å². The molecule has 2 aliphatic rings. The predicted molar refractivity (Wildman–Crippen MR) is 87.8 cm³/mol. The van der Waals surface area contributed by atoms with Crippen molar-refractivity contribution in [3.05, 3.63) is 35.6 Å². The SMILES string of the molecule is CN(C)C[C@H]1CO[C@]2(COCCN(Cc3ccc(F)cc3)C2)C1. The molecule has 3 rings (SSSR count). The molecule has 0 unspecified atom stereocenters. The summed E-state index contributed by atoms with van der Waals surface area (Å²) in [4.78, 5) is 4.60. The number of hydrogen-bond acceptors (Lipinski definition) is 4. The lowest BCUT2D eigenvalue weighted by atomic mass is 9.94. The van der Waals surface area contributed by atoms with Crippen molar-refractivity contribution in [2.24, 2.45) is 5.92 Å². The average molecular weight is 322 g/mol. The normalized spacial score (nSPS) is 29.3. The van der Waals surface area contributed by atoms with Crippen molar-refractivity contribution >= 4 is 0 Å². The first-order valence-electron chi connectivity index (χ1n) is 8.38. The van der Waals surface area contributed by atoms with Gasteiger partial charge in [-0.05, 0) is 44.1 Å². The summed E-state index contributed by atoms with van der Waals surface area (Å²) in [6, 6.07) is 6.77. The Kier molecular flexibility index (Phi) is 5.31. The van der Waals surface area contributed by atoms with Crippen LogP contribution in [0.1, 0.15) is 12.0 Å². The van der Waals surface area contributed by atoms with Gasteiger partial charge in [-0.3, -0.25) is 4.90 Å². The van der Waals surface area contributed by atoms with Crippen LogP contribution in [0.3, 0.4) is 0 Å². The van der Waals surface area contributed by atoms with E-state index in [0.29, 0.717) is 12.5 Å². The molecule has 2 heterocycles. The van der Waals surface area contributed by atoms with E-state index in [1.165, 1.54) is 12.1 Å². The standard InChI is InChI=1S/C18H27FN2O2/c1-20(2)10-16-9-18(23-12-16)13-21(7-8-22-14-18)11-15-3-5-17(19)6-4-15/h3-6,16H,7-14H2,1-2H3/t16-,18+/m0/s1. The predicted octanol–water partition coefficient (Wildman–Crippen LogP) is 1.99. The lowest BCUT2D eigenvalue weighted by molar-refractivity contribution is -0.0563. The van der Waals surface area contributed by atoms with E-state index >= 15 is 0 Å². The van der Waals surface area contributed by atoms with Crippen LogP contribution >= 0.6 is 0 Å².